The van der Waals surface area contributed by atoms with E-state index in [-0.39, 0.29) is 19.3 Å². The van der Waals surface area contributed by atoms with Gasteiger partial charge in [0.25, 0.3) is 0 Å². The van der Waals surface area contributed by atoms with Gasteiger partial charge in [0.1, 0.15) is 5.82 Å². The molecule has 0 amide bonds. The molecule has 1 aromatic rings. The number of imidazole rings is 1. The molecule has 0 saturated heterocycles. The molecule has 16 heavy (non-hydrogen) atoms. The van der Waals surface area contributed by atoms with Crippen LogP contribution in [0.1, 0.15) is 32.1 Å². The van der Waals surface area contributed by atoms with E-state index in [1.807, 2.05) is 31.7 Å². The molecule has 1 unspecified atom stereocenters. The summed E-state index contributed by atoms with van der Waals surface area (Å²) >= 11 is 0. The van der Waals surface area contributed by atoms with Crippen LogP contribution in [0.3, 0.4) is 0 Å². The predicted octanol–water partition coefficient (Wildman–Crippen LogP) is 0.204. The first kappa shape index (κ1) is 13.2. The standard InChI is InChI=1S/C11H21N3O2/c1-4-11(7-15,8-16)13-9(2)10-12-5-6-14(10)3/h5-6,9,13,15-16H,4,7-8H2,1-3H3. The van der Waals surface area contributed by atoms with Gasteiger partial charge < -0.3 is 14.8 Å². The van der Waals surface area contributed by atoms with Crippen LogP contribution in [0.5, 0.6) is 0 Å². The smallest absolute Gasteiger partial charge is 0.125 e. The van der Waals surface area contributed by atoms with Crippen LogP contribution in [0.4, 0.5) is 0 Å². The van der Waals surface area contributed by atoms with Gasteiger partial charge >= 0.3 is 0 Å². The second-order valence-corrected chi connectivity index (χ2v) is 4.21. The van der Waals surface area contributed by atoms with Gasteiger partial charge in [-0.3, -0.25) is 5.32 Å². The average molecular weight is 227 g/mol. The second kappa shape index (κ2) is 5.43. The number of nitrogens with zero attached hydrogens (tertiary/aromatic N) is 2. The van der Waals surface area contributed by atoms with Crippen molar-refractivity contribution in [2.45, 2.75) is 31.8 Å². The molecular formula is C11H21N3O2. The maximum Gasteiger partial charge on any atom is 0.125 e. The van der Waals surface area contributed by atoms with Crippen molar-refractivity contribution in [3.8, 4) is 0 Å². The van der Waals surface area contributed by atoms with Crippen LogP contribution in [0.2, 0.25) is 0 Å². The molecule has 1 rings (SSSR count). The molecule has 0 aliphatic rings. The summed E-state index contributed by atoms with van der Waals surface area (Å²) in [6, 6.07) is -0.0146. The molecule has 0 radical (unpaired) electrons. The third-order valence-electron chi connectivity index (χ3n) is 3.05. The lowest BCUT2D eigenvalue weighted by molar-refractivity contribution is 0.0781. The summed E-state index contributed by atoms with van der Waals surface area (Å²) in [7, 11) is 1.92. The highest BCUT2D eigenvalue weighted by molar-refractivity contribution is 5.00. The summed E-state index contributed by atoms with van der Waals surface area (Å²) in [5.41, 5.74) is -0.634. The Kier molecular flexibility index (Phi) is 4.46. The van der Waals surface area contributed by atoms with Gasteiger partial charge in [-0.1, -0.05) is 6.92 Å². The Morgan fingerprint density at radius 3 is 2.50 bits per heavy atom. The molecule has 3 N–H and O–H groups in total. The van der Waals surface area contributed by atoms with E-state index in [2.05, 4.69) is 10.3 Å². The highest BCUT2D eigenvalue weighted by Gasteiger charge is 2.29. The fourth-order valence-electron chi connectivity index (χ4n) is 1.79. The van der Waals surface area contributed by atoms with Crippen LogP contribution in [-0.4, -0.2) is 38.5 Å². The molecule has 1 heterocycles. The first-order valence-electron chi connectivity index (χ1n) is 5.55. The Bertz CT molecular complexity index is 313. The maximum atomic E-state index is 9.34. The first-order valence-corrected chi connectivity index (χ1v) is 5.55. The number of nitrogens with one attached hydrogen (secondary N) is 1. The average Bonchev–Trinajstić information content (AvgIpc) is 2.72. The van der Waals surface area contributed by atoms with Crippen molar-refractivity contribution in [2.24, 2.45) is 7.05 Å². The molecule has 5 heteroatoms. The zero-order chi connectivity index (χ0) is 12.2. The lowest BCUT2D eigenvalue weighted by Crippen LogP contribution is -2.52. The minimum absolute atomic E-state index is 0.0146. The van der Waals surface area contributed by atoms with Crippen molar-refractivity contribution < 1.29 is 10.2 Å². The topological polar surface area (TPSA) is 70.3 Å². The molecule has 0 bridgehead atoms. The van der Waals surface area contributed by atoms with Gasteiger partial charge in [-0.15, -0.1) is 0 Å². The van der Waals surface area contributed by atoms with Crippen LogP contribution in [0.25, 0.3) is 0 Å². The van der Waals surface area contributed by atoms with Crippen molar-refractivity contribution in [3.05, 3.63) is 18.2 Å². The van der Waals surface area contributed by atoms with Crippen molar-refractivity contribution in [1.82, 2.24) is 14.9 Å². The van der Waals surface area contributed by atoms with Gasteiger partial charge in [0.05, 0.1) is 24.8 Å². The van der Waals surface area contributed by atoms with Crippen LogP contribution in [0, 0.1) is 0 Å². The fourth-order valence-corrected chi connectivity index (χ4v) is 1.79. The molecule has 92 valence electrons. The Labute approximate surface area is 96.1 Å². The second-order valence-electron chi connectivity index (χ2n) is 4.21. The van der Waals surface area contributed by atoms with Crippen LogP contribution >= 0.6 is 0 Å². The molecule has 5 nitrogen and oxygen atoms in total. The molecule has 0 spiro atoms. The highest BCUT2D eigenvalue weighted by Crippen LogP contribution is 2.17. The van der Waals surface area contributed by atoms with E-state index in [0.717, 1.165) is 5.82 Å². The number of aliphatic hydroxyl groups is 2. The third-order valence-corrected chi connectivity index (χ3v) is 3.05. The number of hydrogen-bond donors (Lipinski definition) is 3. The van der Waals surface area contributed by atoms with Crippen molar-refractivity contribution >= 4 is 0 Å². The Balaban J connectivity index is 2.76. The quantitative estimate of drug-likeness (QED) is 0.649. The predicted molar refractivity (Wildman–Crippen MR) is 62.0 cm³/mol. The summed E-state index contributed by atoms with van der Waals surface area (Å²) in [6.45, 7) is 3.73. The fraction of sp³-hybridized carbons (Fsp3) is 0.727. The van der Waals surface area contributed by atoms with Crippen LogP contribution in [0.15, 0.2) is 12.4 Å². The first-order chi connectivity index (χ1) is 7.58. The molecule has 0 fully saturated rings. The summed E-state index contributed by atoms with van der Waals surface area (Å²) in [5.74, 6) is 0.889. The molecule has 0 aliphatic heterocycles. The molecule has 1 aromatic heterocycles. The lowest BCUT2D eigenvalue weighted by Gasteiger charge is -2.33. The number of aryl methyl sites for hydroxylation is 1. The Morgan fingerprint density at radius 1 is 1.50 bits per heavy atom. The normalized spacial score (nSPS) is 14.1. The van der Waals surface area contributed by atoms with E-state index in [1.54, 1.807) is 6.20 Å². The zero-order valence-corrected chi connectivity index (χ0v) is 10.1. The molecule has 0 aliphatic carbocycles. The van der Waals surface area contributed by atoms with E-state index >= 15 is 0 Å². The van der Waals surface area contributed by atoms with Gasteiger partial charge in [-0.05, 0) is 13.3 Å². The Hall–Kier alpha value is -0.910. The Morgan fingerprint density at radius 2 is 2.12 bits per heavy atom. The SMILES string of the molecule is CCC(CO)(CO)NC(C)c1nccn1C. The summed E-state index contributed by atoms with van der Waals surface area (Å²) in [4.78, 5) is 4.24. The van der Waals surface area contributed by atoms with Crippen molar-refractivity contribution in [1.29, 1.82) is 0 Å². The van der Waals surface area contributed by atoms with Crippen molar-refractivity contribution in [3.63, 3.8) is 0 Å². The minimum atomic E-state index is -0.634. The minimum Gasteiger partial charge on any atom is -0.394 e. The third kappa shape index (κ3) is 2.61. The van der Waals surface area contributed by atoms with Gasteiger partial charge in [0, 0.05) is 19.4 Å². The number of aromatic nitrogens is 2. The lowest BCUT2D eigenvalue weighted by atomic mass is 9.97. The van der Waals surface area contributed by atoms with Crippen molar-refractivity contribution in [2.75, 3.05) is 13.2 Å². The monoisotopic (exact) mass is 227 g/mol. The zero-order valence-electron chi connectivity index (χ0n) is 10.1. The van der Waals surface area contributed by atoms with Gasteiger partial charge in [0.15, 0.2) is 0 Å². The largest absolute Gasteiger partial charge is 0.394 e. The molecule has 0 saturated carbocycles. The highest BCUT2D eigenvalue weighted by atomic mass is 16.3. The molecule has 1 atom stereocenters. The maximum absolute atomic E-state index is 9.34. The van der Waals surface area contributed by atoms with E-state index in [9.17, 15) is 10.2 Å². The van der Waals surface area contributed by atoms with E-state index < -0.39 is 5.54 Å². The summed E-state index contributed by atoms with van der Waals surface area (Å²) in [5, 5.41) is 21.9. The summed E-state index contributed by atoms with van der Waals surface area (Å²) in [6.07, 6.45) is 4.27. The van der Waals surface area contributed by atoms with E-state index in [4.69, 9.17) is 0 Å². The van der Waals surface area contributed by atoms with Gasteiger partial charge in [-0.2, -0.15) is 0 Å². The van der Waals surface area contributed by atoms with E-state index in [0.29, 0.717) is 6.42 Å². The van der Waals surface area contributed by atoms with Crippen LogP contribution < -0.4 is 5.32 Å². The molecule has 0 aromatic carbocycles. The van der Waals surface area contributed by atoms with Gasteiger partial charge in [-0.25, -0.2) is 4.98 Å². The number of hydrogen-bond acceptors (Lipinski definition) is 4. The number of rotatable bonds is 6. The number of aliphatic hydroxyl groups excluding tert-OH is 2. The van der Waals surface area contributed by atoms with E-state index in [1.165, 1.54) is 0 Å². The molecular weight excluding hydrogens is 206 g/mol. The summed E-state index contributed by atoms with van der Waals surface area (Å²) < 4.78 is 1.92. The van der Waals surface area contributed by atoms with Crippen LogP contribution in [-0.2, 0) is 7.05 Å². The van der Waals surface area contributed by atoms with Gasteiger partial charge in [0.2, 0.25) is 0 Å².